The lowest BCUT2D eigenvalue weighted by Crippen LogP contribution is -2.52. The van der Waals surface area contributed by atoms with Crippen LogP contribution in [-0.2, 0) is 13.1 Å². The van der Waals surface area contributed by atoms with Crippen LogP contribution in [0.15, 0.2) is 60.1 Å². The van der Waals surface area contributed by atoms with Gasteiger partial charge in [0, 0.05) is 25.8 Å². The van der Waals surface area contributed by atoms with Crippen molar-refractivity contribution < 1.29 is 9.59 Å². The van der Waals surface area contributed by atoms with E-state index in [2.05, 4.69) is 5.32 Å². The number of fused-ring (bicyclic) bond motifs is 1. The van der Waals surface area contributed by atoms with Crippen LogP contribution >= 0.6 is 11.3 Å². The number of benzene rings is 1. The Morgan fingerprint density at radius 1 is 1.19 bits per heavy atom. The molecule has 3 aromatic rings. The fourth-order valence-corrected chi connectivity index (χ4v) is 4.30. The third-order valence-corrected chi connectivity index (χ3v) is 5.94. The molecule has 4 rings (SSSR count). The Labute approximate surface area is 162 Å². The quantitative estimate of drug-likeness (QED) is 0.739. The van der Waals surface area contributed by atoms with Gasteiger partial charge >= 0.3 is 0 Å². The van der Waals surface area contributed by atoms with Crippen molar-refractivity contribution in [3.63, 3.8) is 0 Å². The lowest BCUT2D eigenvalue weighted by atomic mass is 10.1. The van der Waals surface area contributed by atoms with Gasteiger partial charge in [-0.15, -0.1) is 11.3 Å². The standard InChI is InChI=1S/C21H21N3O2S/c1-15-9-11-27-19(15)20(25)22-12-17-14-23-10-5-8-18(23)21(26)24(17)13-16-6-3-2-4-7-16/h2-11,17H,12-14H2,1H3,(H,22,25). The molecule has 1 atom stereocenters. The Bertz CT molecular complexity index is 961. The average molecular weight is 379 g/mol. The molecule has 138 valence electrons. The average Bonchev–Trinajstić information content (AvgIpc) is 3.32. The fraction of sp³-hybridized carbons (Fsp3) is 0.238. The highest BCUT2D eigenvalue weighted by atomic mass is 32.1. The first-order valence-electron chi connectivity index (χ1n) is 8.96. The second-order valence-corrected chi connectivity index (χ2v) is 7.68. The molecule has 5 nitrogen and oxygen atoms in total. The molecular formula is C21H21N3O2S. The molecule has 3 heterocycles. The van der Waals surface area contributed by atoms with Crippen molar-refractivity contribution in [3.05, 3.63) is 81.8 Å². The maximum absolute atomic E-state index is 13.0. The van der Waals surface area contributed by atoms with Crippen LogP contribution in [0.4, 0.5) is 0 Å². The van der Waals surface area contributed by atoms with E-state index in [1.165, 1.54) is 11.3 Å². The van der Waals surface area contributed by atoms with Gasteiger partial charge in [0.2, 0.25) is 0 Å². The van der Waals surface area contributed by atoms with Crippen LogP contribution in [0, 0.1) is 6.92 Å². The minimum absolute atomic E-state index is 0.00153. The summed E-state index contributed by atoms with van der Waals surface area (Å²) in [4.78, 5) is 28.1. The molecule has 27 heavy (non-hydrogen) atoms. The molecule has 1 unspecified atom stereocenters. The molecule has 0 radical (unpaired) electrons. The largest absolute Gasteiger partial charge is 0.349 e. The van der Waals surface area contributed by atoms with Crippen LogP contribution in [0.25, 0.3) is 0 Å². The van der Waals surface area contributed by atoms with Gasteiger partial charge in [-0.3, -0.25) is 9.59 Å². The van der Waals surface area contributed by atoms with Crippen molar-refractivity contribution in [1.82, 2.24) is 14.8 Å². The Morgan fingerprint density at radius 2 is 2.00 bits per heavy atom. The second kappa shape index (κ2) is 7.40. The molecule has 1 aliphatic rings. The molecule has 1 N–H and O–H groups in total. The predicted octanol–water partition coefficient (Wildman–Crippen LogP) is 3.31. The van der Waals surface area contributed by atoms with Crippen LogP contribution < -0.4 is 5.32 Å². The van der Waals surface area contributed by atoms with E-state index < -0.39 is 0 Å². The summed E-state index contributed by atoms with van der Waals surface area (Å²) >= 11 is 1.44. The lowest BCUT2D eigenvalue weighted by molar-refractivity contribution is 0.0563. The van der Waals surface area contributed by atoms with Gasteiger partial charge in [-0.25, -0.2) is 0 Å². The number of thiophene rings is 1. The third kappa shape index (κ3) is 3.53. The zero-order valence-electron chi connectivity index (χ0n) is 15.1. The van der Waals surface area contributed by atoms with E-state index in [1.54, 1.807) is 0 Å². The zero-order valence-corrected chi connectivity index (χ0v) is 15.9. The van der Waals surface area contributed by atoms with Gasteiger partial charge in [0.15, 0.2) is 0 Å². The summed E-state index contributed by atoms with van der Waals surface area (Å²) < 4.78 is 1.97. The van der Waals surface area contributed by atoms with E-state index >= 15 is 0 Å². The first-order chi connectivity index (χ1) is 13.1. The second-order valence-electron chi connectivity index (χ2n) is 6.76. The fourth-order valence-electron chi connectivity index (χ4n) is 3.46. The number of hydrogen-bond acceptors (Lipinski definition) is 3. The topological polar surface area (TPSA) is 54.3 Å². The van der Waals surface area contributed by atoms with Gasteiger partial charge in [0.25, 0.3) is 11.8 Å². The molecule has 2 amide bonds. The maximum Gasteiger partial charge on any atom is 0.271 e. The first-order valence-corrected chi connectivity index (χ1v) is 9.84. The number of rotatable bonds is 5. The van der Waals surface area contributed by atoms with Crippen molar-refractivity contribution in [2.24, 2.45) is 0 Å². The number of hydrogen-bond donors (Lipinski definition) is 1. The number of carbonyl (C=O) groups excluding carboxylic acids is 2. The summed E-state index contributed by atoms with van der Waals surface area (Å²) in [6, 6.07) is 15.5. The Hall–Kier alpha value is -2.86. The highest BCUT2D eigenvalue weighted by Gasteiger charge is 2.32. The maximum atomic E-state index is 13.0. The van der Waals surface area contributed by atoms with Gasteiger partial charge in [0.05, 0.1) is 10.9 Å². The summed E-state index contributed by atoms with van der Waals surface area (Å²) in [6.07, 6.45) is 1.92. The minimum Gasteiger partial charge on any atom is -0.349 e. The first kappa shape index (κ1) is 17.5. The van der Waals surface area contributed by atoms with Gasteiger partial charge in [-0.05, 0) is 41.6 Å². The van der Waals surface area contributed by atoms with Crippen molar-refractivity contribution >= 4 is 23.2 Å². The van der Waals surface area contributed by atoms with Gasteiger partial charge in [-0.1, -0.05) is 30.3 Å². The van der Waals surface area contributed by atoms with Gasteiger partial charge in [-0.2, -0.15) is 0 Å². The molecular weight excluding hydrogens is 358 g/mol. The monoisotopic (exact) mass is 379 g/mol. The Kier molecular flexibility index (Phi) is 4.81. The van der Waals surface area contributed by atoms with E-state index in [9.17, 15) is 9.59 Å². The summed E-state index contributed by atoms with van der Waals surface area (Å²) in [7, 11) is 0. The van der Waals surface area contributed by atoms with Crippen LogP contribution in [0.1, 0.15) is 31.3 Å². The van der Waals surface area contributed by atoms with Crippen molar-refractivity contribution in [3.8, 4) is 0 Å². The molecule has 2 aromatic heterocycles. The number of aromatic nitrogens is 1. The summed E-state index contributed by atoms with van der Waals surface area (Å²) in [6.45, 7) is 3.56. The molecule has 0 saturated carbocycles. The zero-order chi connectivity index (χ0) is 18.8. The van der Waals surface area contributed by atoms with Crippen LogP contribution in [0.2, 0.25) is 0 Å². The van der Waals surface area contributed by atoms with E-state index in [4.69, 9.17) is 0 Å². The number of amides is 2. The molecule has 0 spiro atoms. The van der Waals surface area contributed by atoms with Gasteiger partial charge < -0.3 is 14.8 Å². The van der Waals surface area contributed by atoms with Gasteiger partial charge in [0.1, 0.15) is 5.69 Å². The number of carbonyl (C=O) groups is 2. The number of aryl methyl sites for hydroxylation is 1. The lowest BCUT2D eigenvalue weighted by Gasteiger charge is -2.37. The van der Waals surface area contributed by atoms with E-state index in [0.717, 1.165) is 16.0 Å². The Balaban J connectivity index is 1.54. The number of nitrogens with one attached hydrogen (secondary N) is 1. The van der Waals surface area contributed by atoms with E-state index in [-0.39, 0.29) is 17.9 Å². The minimum atomic E-state index is -0.0955. The Morgan fingerprint density at radius 3 is 2.74 bits per heavy atom. The highest BCUT2D eigenvalue weighted by molar-refractivity contribution is 7.12. The SMILES string of the molecule is Cc1ccsc1C(=O)NCC1Cn2cccc2C(=O)N1Cc1ccccc1. The molecule has 0 bridgehead atoms. The van der Waals surface area contributed by atoms with E-state index in [1.807, 2.05) is 76.5 Å². The van der Waals surface area contributed by atoms with Crippen molar-refractivity contribution in [2.75, 3.05) is 6.54 Å². The normalized spacial score (nSPS) is 16.3. The molecule has 1 aromatic carbocycles. The van der Waals surface area contributed by atoms with Crippen LogP contribution in [-0.4, -0.2) is 33.9 Å². The highest BCUT2D eigenvalue weighted by Crippen LogP contribution is 2.21. The molecule has 0 aliphatic carbocycles. The van der Waals surface area contributed by atoms with E-state index in [0.29, 0.717) is 25.3 Å². The molecule has 1 aliphatic heterocycles. The molecule has 0 fully saturated rings. The smallest absolute Gasteiger partial charge is 0.271 e. The molecule has 6 heteroatoms. The predicted molar refractivity (Wildman–Crippen MR) is 106 cm³/mol. The van der Waals surface area contributed by atoms with Crippen molar-refractivity contribution in [2.45, 2.75) is 26.1 Å². The third-order valence-electron chi connectivity index (χ3n) is 4.92. The van der Waals surface area contributed by atoms with Crippen LogP contribution in [0.3, 0.4) is 0 Å². The van der Waals surface area contributed by atoms with Crippen LogP contribution in [0.5, 0.6) is 0 Å². The summed E-state index contributed by atoms with van der Waals surface area (Å²) in [5, 5.41) is 4.94. The summed E-state index contributed by atoms with van der Waals surface area (Å²) in [5.74, 6) is -0.0745. The molecule has 0 saturated heterocycles. The number of nitrogens with zero attached hydrogens (tertiary/aromatic N) is 2. The summed E-state index contributed by atoms with van der Waals surface area (Å²) in [5.41, 5.74) is 2.75. The van der Waals surface area contributed by atoms with Crippen molar-refractivity contribution in [1.29, 1.82) is 0 Å².